The fourth-order valence-corrected chi connectivity index (χ4v) is 4.55. The molecule has 1 N–H and O–H groups in total. The average molecular weight is 453 g/mol. The molecule has 0 aliphatic rings. The Hall–Kier alpha value is -3.39. The van der Waals surface area contributed by atoms with Crippen molar-refractivity contribution in [3.8, 4) is 5.69 Å². The Balaban J connectivity index is 1.75. The summed E-state index contributed by atoms with van der Waals surface area (Å²) in [5, 5.41) is 4.06. The van der Waals surface area contributed by atoms with E-state index in [1.807, 2.05) is 69.3 Å². The number of hydrogen-bond acceptors (Lipinski definition) is 4. The van der Waals surface area contributed by atoms with Crippen molar-refractivity contribution in [1.29, 1.82) is 0 Å². The van der Waals surface area contributed by atoms with Gasteiger partial charge in [0.1, 0.15) is 6.54 Å². The van der Waals surface area contributed by atoms with Crippen molar-refractivity contribution >= 4 is 27.8 Å². The summed E-state index contributed by atoms with van der Waals surface area (Å²) in [5.74, 6) is -0.519. The molecule has 1 heterocycles. The standard InChI is InChI=1S/C24H28N4O3S/c1-5-20-11-9-10-14-23(20)27(32(4,30)31)17-24(29)26-25-16-21-15-18(2)28(19(21)3)22-12-7-6-8-13-22/h6-16H,5,17H2,1-4H3,(H,26,29)/b25-16-. The SMILES string of the molecule is CCc1ccccc1N(CC(=O)N/N=C\c1cc(C)n(-c2ccccc2)c1C)S(C)(=O)=O. The number of benzene rings is 2. The normalized spacial score (nSPS) is 11.6. The van der Waals surface area contributed by atoms with Crippen LogP contribution < -0.4 is 9.73 Å². The molecule has 168 valence electrons. The summed E-state index contributed by atoms with van der Waals surface area (Å²) in [5.41, 5.74) is 7.74. The Morgan fingerprint density at radius 3 is 2.41 bits per heavy atom. The van der Waals surface area contributed by atoms with Crippen molar-refractivity contribution in [2.45, 2.75) is 27.2 Å². The van der Waals surface area contributed by atoms with Gasteiger partial charge in [0.05, 0.1) is 18.2 Å². The quantitative estimate of drug-likeness (QED) is 0.419. The third-order valence-electron chi connectivity index (χ3n) is 5.21. The van der Waals surface area contributed by atoms with Crippen LogP contribution in [0.1, 0.15) is 29.4 Å². The van der Waals surface area contributed by atoms with E-state index >= 15 is 0 Å². The Labute approximate surface area is 189 Å². The van der Waals surface area contributed by atoms with E-state index in [0.717, 1.165) is 38.8 Å². The summed E-state index contributed by atoms with van der Waals surface area (Å²) >= 11 is 0. The van der Waals surface area contributed by atoms with Crippen LogP contribution in [0.4, 0.5) is 5.69 Å². The molecule has 3 rings (SSSR count). The zero-order valence-corrected chi connectivity index (χ0v) is 19.6. The highest BCUT2D eigenvalue weighted by atomic mass is 32.2. The molecule has 8 heteroatoms. The van der Waals surface area contributed by atoms with E-state index in [4.69, 9.17) is 0 Å². The van der Waals surface area contributed by atoms with E-state index in [0.29, 0.717) is 12.1 Å². The van der Waals surface area contributed by atoms with Crippen LogP contribution >= 0.6 is 0 Å². The van der Waals surface area contributed by atoms with Crippen molar-refractivity contribution in [3.05, 3.63) is 83.2 Å². The highest BCUT2D eigenvalue weighted by Gasteiger charge is 2.22. The van der Waals surface area contributed by atoms with Crippen LogP contribution in [0.25, 0.3) is 5.69 Å². The first-order valence-corrected chi connectivity index (χ1v) is 12.2. The molecule has 0 radical (unpaired) electrons. The number of aromatic nitrogens is 1. The zero-order chi connectivity index (χ0) is 23.3. The summed E-state index contributed by atoms with van der Waals surface area (Å²) in [7, 11) is -3.65. The summed E-state index contributed by atoms with van der Waals surface area (Å²) in [6.07, 6.45) is 3.32. The number of nitrogens with one attached hydrogen (secondary N) is 1. The van der Waals surface area contributed by atoms with Gasteiger partial charge >= 0.3 is 0 Å². The summed E-state index contributed by atoms with van der Waals surface area (Å²) in [6, 6.07) is 19.1. The lowest BCUT2D eigenvalue weighted by Crippen LogP contribution is -2.39. The van der Waals surface area contributed by atoms with Crippen molar-refractivity contribution in [1.82, 2.24) is 9.99 Å². The highest BCUT2D eigenvalue weighted by molar-refractivity contribution is 7.92. The van der Waals surface area contributed by atoms with E-state index in [9.17, 15) is 13.2 Å². The Morgan fingerprint density at radius 1 is 1.09 bits per heavy atom. The maximum absolute atomic E-state index is 12.5. The number of amides is 1. The molecule has 0 unspecified atom stereocenters. The fraction of sp³-hybridized carbons (Fsp3) is 0.250. The maximum Gasteiger partial charge on any atom is 0.260 e. The van der Waals surface area contributed by atoms with Gasteiger partial charge in [0.25, 0.3) is 5.91 Å². The second kappa shape index (κ2) is 9.82. The molecule has 2 aromatic carbocycles. The lowest BCUT2D eigenvalue weighted by atomic mass is 10.1. The Morgan fingerprint density at radius 2 is 1.75 bits per heavy atom. The number of para-hydroxylation sites is 2. The van der Waals surface area contributed by atoms with Crippen LogP contribution in [0.15, 0.2) is 65.8 Å². The number of aryl methyl sites for hydroxylation is 2. The number of rotatable bonds is 8. The van der Waals surface area contributed by atoms with E-state index in [2.05, 4.69) is 15.1 Å². The highest BCUT2D eigenvalue weighted by Crippen LogP contribution is 2.23. The van der Waals surface area contributed by atoms with Gasteiger partial charge in [0.2, 0.25) is 10.0 Å². The van der Waals surface area contributed by atoms with Gasteiger partial charge in [-0.2, -0.15) is 5.10 Å². The van der Waals surface area contributed by atoms with Gasteiger partial charge < -0.3 is 4.57 Å². The predicted octanol–water partition coefficient (Wildman–Crippen LogP) is 3.57. The second-order valence-electron chi connectivity index (χ2n) is 7.54. The van der Waals surface area contributed by atoms with Crippen molar-refractivity contribution in [2.75, 3.05) is 17.1 Å². The number of carbonyl (C=O) groups excluding carboxylic acids is 1. The number of nitrogens with zero attached hydrogens (tertiary/aromatic N) is 3. The number of hydrazone groups is 1. The molecule has 0 aliphatic heterocycles. The lowest BCUT2D eigenvalue weighted by molar-refractivity contribution is -0.119. The van der Waals surface area contributed by atoms with Gasteiger partial charge in [-0.15, -0.1) is 0 Å². The minimum absolute atomic E-state index is 0.351. The van der Waals surface area contributed by atoms with E-state index in [1.165, 1.54) is 0 Å². The molecule has 0 spiro atoms. The van der Waals surface area contributed by atoms with Gasteiger partial charge in [-0.3, -0.25) is 9.10 Å². The number of hydrogen-bond donors (Lipinski definition) is 1. The molecule has 32 heavy (non-hydrogen) atoms. The molecule has 0 saturated carbocycles. The summed E-state index contributed by atoms with van der Waals surface area (Å²) in [4.78, 5) is 12.5. The van der Waals surface area contributed by atoms with Gasteiger partial charge in [-0.25, -0.2) is 13.8 Å². The molecule has 7 nitrogen and oxygen atoms in total. The first-order chi connectivity index (χ1) is 15.2. The van der Waals surface area contributed by atoms with Crippen LogP contribution in [-0.2, 0) is 21.2 Å². The second-order valence-corrected chi connectivity index (χ2v) is 9.45. The van der Waals surface area contributed by atoms with E-state index in [-0.39, 0.29) is 6.54 Å². The van der Waals surface area contributed by atoms with Crippen LogP contribution in [-0.4, -0.2) is 37.9 Å². The average Bonchev–Trinajstić information content (AvgIpc) is 3.05. The topological polar surface area (TPSA) is 83.8 Å². The monoisotopic (exact) mass is 452 g/mol. The van der Waals surface area contributed by atoms with E-state index < -0.39 is 15.9 Å². The lowest BCUT2D eigenvalue weighted by Gasteiger charge is -2.23. The number of anilines is 1. The third kappa shape index (κ3) is 5.26. The third-order valence-corrected chi connectivity index (χ3v) is 6.33. The summed E-state index contributed by atoms with van der Waals surface area (Å²) < 4.78 is 27.9. The largest absolute Gasteiger partial charge is 0.318 e. The van der Waals surface area contributed by atoms with Gasteiger partial charge in [-0.05, 0) is 50.1 Å². The first-order valence-electron chi connectivity index (χ1n) is 10.3. The number of carbonyl (C=O) groups is 1. The molecular formula is C24H28N4O3S. The van der Waals surface area contributed by atoms with Gasteiger partial charge in [0.15, 0.2) is 0 Å². The smallest absolute Gasteiger partial charge is 0.260 e. The summed E-state index contributed by atoms with van der Waals surface area (Å²) in [6.45, 7) is 5.58. The molecule has 1 amide bonds. The fourth-order valence-electron chi connectivity index (χ4n) is 3.67. The molecule has 3 aromatic rings. The van der Waals surface area contributed by atoms with Crippen molar-refractivity contribution in [2.24, 2.45) is 5.10 Å². The van der Waals surface area contributed by atoms with Crippen LogP contribution in [0.3, 0.4) is 0 Å². The Kier molecular flexibility index (Phi) is 7.15. The minimum Gasteiger partial charge on any atom is -0.318 e. The predicted molar refractivity (Wildman–Crippen MR) is 129 cm³/mol. The van der Waals surface area contributed by atoms with E-state index in [1.54, 1.807) is 18.3 Å². The molecule has 0 aliphatic carbocycles. The molecule has 0 bridgehead atoms. The zero-order valence-electron chi connectivity index (χ0n) is 18.7. The minimum atomic E-state index is -3.65. The maximum atomic E-state index is 12.5. The Bertz CT molecular complexity index is 1230. The van der Waals surface area contributed by atoms with Gasteiger partial charge in [0, 0.05) is 22.6 Å². The van der Waals surface area contributed by atoms with Gasteiger partial charge in [-0.1, -0.05) is 43.3 Å². The molecule has 0 saturated heterocycles. The molecule has 1 aromatic heterocycles. The molecule has 0 atom stereocenters. The molecule has 0 fully saturated rings. The molecular weight excluding hydrogens is 424 g/mol. The van der Waals surface area contributed by atoms with Crippen molar-refractivity contribution < 1.29 is 13.2 Å². The number of sulfonamides is 1. The van der Waals surface area contributed by atoms with Crippen LogP contribution in [0.2, 0.25) is 0 Å². The first kappa shape index (κ1) is 23.3. The van der Waals surface area contributed by atoms with Crippen LogP contribution in [0.5, 0.6) is 0 Å². The van der Waals surface area contributed by atoms with Crippen LogP contribution in [0, 0.1) is 13.8 Å². The van der Waals surface area contributed by atoms with Crippen molar-refractivity contribution in [3.63, 3.8) is 0 Å².